The van der Waals surface area contributed by atoms with Crippen LogP contribution in [0.4, 0.5) is 0 Å². The summed E-state index contributed by atoms with van der Waals surface area (Å²) in [6.45, 7) is 15.6. The molecule has 0 aromatic carbocycles. The fourth-order valence-electron chi connectivity index (χ4n) is 6.48. The average molecular weight is 461 g/mol. The molecule has 3 atom stereocenters. The molecule has 2 rings (SSSR count). The molecule has 2 aliphatic rings. The van der Waals surface area contributed by atoms with Gasteiger partial charge in [0.05, 0.1) is 20.0 Å². The summed E-state index contributed by atoms with van der Waals surface area (Å²) < 4.78 is 17.4. The largest absolute Gasteiger partial charge is 0.546 e. The van der Waals surface area contributed by atoms with Crippen LogP contribution in [0.15, 0.2) is 24.0 Å². The second-order valence-electron chi connectivity index (χ2n) is 10.4. The third kappa shape index (κ3) is 3.73. The Morgan fingerprint density at radius 3 is 2.03 bits per heavy atom. The summed E-state index contributed by atoms with van der Waals surface area (Å²) in [4.78, 5) is 26.3. The number of fused-ring (bicyclic) bond motifs is 1. The Bertz CT molecular complexity index is 794. The van der Waals surface area contributed by atoms with Crippen molar-refractivity contribution in [3.8, 4) is 12.3 Å². The van der Waals surface area contributed by atoms with Crippen molar-refractivity contribution < 1.29 is 23.5 Å². The molecule has 0 unspecified atom stereocenters. The van der Waals surface area contributed by atoms with Crippen LogP contribution in [0.1, 0.15) is 61.3 Å². The summed E-state index contributed by atoms with van der Waals surface area (Å²) in [6, 6.07) is 0. The molecule has 0 N–H and O–H groups in total. The van der Waals surface area contributed by atoms with Crippen LogP contribution in [0.3, 0.4) is 0 Å². The normalized spacial score (nSPS) is 25.0. The molecule has 0 fully saturated rings. The zero-order chi connectivity index (χ0) is 24.5. The number of hydrogen-bond donors (Lipinski definition) is 0. The van der Waals surface area contributed by atoms with E-state index in [1.165, 1.54) is 14.2 Å². The maximum atomic E-state index is 13.2. The van der Waals surface area contributed by atoms with Gasteiger partial charge in [0.1, 0.15) is 0 Å². The summed E-state index contributed by atoms with van der Waals surface area (Å²) in [5.41, 5.74) is -0.915. The quantitative estimate of drug-likeness (QED) is 0.147. The molecule has 6 heteroatoms. The third-order valence-corrected chi connectivity index (χ3v) is 14.0. The fourth-order valence-corrected chi connectivity index (χ4v) is 11.8. The predicted octanol–water partition coefficient (Wildman–Crippen LogP) is 5.63. The second kappa shape index (κ2) is 9.47. The lowest BCUT2D eigenvalue weighted by atomic mass is 9.61. The van der Waals surface area contributed by atoms with Gasteiger partial charge in [-0.1, -0.05) is 60.6 Å². The molecule has 5 nitrogen and oxygen atoms in total. The number of rotatable bonds is 9. The van der Waals surface area contributed by atoms with Gasteiger partial charge in [-0.2, -0.15) is 0 Å². The number of methoxy groups -OCH3 is 2. The molecular weight excluding hydrogens is 420 g/mol. The van der Waals surface area contributed by atoms with Crippen LogP contribution in [-0.2, 0) is 23.5 Å². The molecule has 178 valence electrons. The molecule has 0 bridgehead atoms. The Kier molecular flexibility index (Phi) is 7.77. The fraction of sp³-hybridized carbons (Fsp3) is 0.692. The van der Waals surface area contributed by atoms with Crippen molar-refractivity contribution in [3.05, 3.63) is 24.0 Å². The average Bonchev–Trinajstić information content (AvgIpc) is 3.24. The number of carbonyl (C=O) groups excluding carboxylic acids is 2. The zero-order valence-corrected chi connectivity index (χ0v) is 22.2. The molecule has 2 aliphatic carbocycles. The van der Waals surface area contributed by atoms with E-state index in [4.69, 9.17) is 20.3 Å². The van der Waals surface area contributed by atoms with Crippen LogP contribution >= 0.6 is 0 Å². The Labute approximate surface area is 195 Å². The smallest absolute Gasteiger partial charge is 0.324 e. The van der Waals surface area contributed by atoms with Crippen molar-refractivity contribution in [1.29, 1.82) is 0 Å². The van der Waals surface area contributed by atoms with Crippen LogP contribution in [0, 0.1) is 35.0 Å². The lowest BCUT2D eigenvalue weighted by Gasteiger charge is -2.44. The summed E-state index contributed by atoms with van der Waals surface area (Å²) >= 11 is 0. The van der Waals surface area contributed by atoms with Gasteiger partial charge in [-0.15, -0.1) is 12.3 Å². The van der Waals surface area contributed by atoms with Gasteiger partial charge in [-0.3, -0.25) is 9.59 Å². The van der Waals surface area contributed by atoms with Crippen LogP contribution < -0.4 is 0 Å². The van der Waals surface area contributed by atoms with Gasteiger partial charge in [0, 0.05) is 23.7 Å². The molecule has 0 saturated carbocycles. The highest BCUT2D eigenvalue weighted by atomic mass is 28.4. The number of allylic oxidation sites excluding steroid dienone is 4. The minimum atomic E-state index is -2.23. The molecule has 0 aromatic heterocycles. The Morgan fingerprint density at radius 1 is 1.12 bits per heavy atom. The second-order valence-corrected chi connectivity index (χ2v) is 15.7. The molecule has 32 heavy (non-hydrogen) atoms. The van der Waals surface area contributed by atoms with E-state index < -0.39 is 37.0 Å². The topological polar surface area (TPSA) is 61.8 Å². The Hall–Kier alpha value is -2.00. The van der Waals surface area contributed by atoms with E-state index in [1.807, 2.05) is 6.08 Å². The van der Waals surface area contributed by atoms with Gasteiger partial charge in [-0.05, 0) is 29.1 Å². The van der Waals surface area contributed by atoms with E-state index >= 15 is 0 Å². The van der Waals surface area contributed by atoms with E-state index in [0.717, 1.165) is 12.2 Å². The van der Waals surface area contributed by atoms with Crippen molar-refractivity contribution in [2.45, 2.75) is 77.9 Å². The van der Waals surface area contributed by atoms with Crippen molar-refractivity contribution >= 4 is 20.3 Å². The maximum absolute atomic E-state index is 13.2. The lowest BCUT2D eigenvalue weighted by molar-refractivity contribution is -0.174. The van der Waals surface area contributed by atoms with Crippen molar-refractivity contribution in [3.63, 3.8) is 0 Å². The summed E-state index contributed by atoms with van der Waals surface area (Å²) in [5, 5.41) is 0. The first kappa shape index (κ1) is 26.3. The standard InChI is InChI=1S/C26H40O5Si/c1-11-14-26(23(27)29-9,24(28)30-10)22-16-21(20-13-12-15-25(20,22)8)31-32(17(2)3,18(4)5)19(6)7/h1,12,15-20,22H,13-14H2,2-10H3/t20-,22+,25-/m0/s1. The van der Waals surface area contributed by atoms with E-state index in [0.29, 0.717) is 16.6 Å². The van der Waals surface area contributed by atoms with E-state index in [-0.39, 0.29) is 12.3 Å². The van der Waals surface area contributed by atoms with Gasteiger partial charge in [0.15, 0.2) is 5.41 Å². The van der Waals surface area contributed by atoms with Gasteiger partial charge in [0.25, 0.3) is 8.32 Å². The molecule has 0 heterocycles. The number of terminal acetylenes is 1. The van der Waals surface area contributed by atoms with Gasteiger partial charge < -0.3 is 13.9 Å². The molecule has 0 radical (unpaired) electrons. The lowest BCUT2D eigenvalue weighted by Crippen LogP contribution is -2.51. The van der Waals surface area contributed by atoms with Crippen LogP contribution in [0.25, 0.3) is 0 Å². The van der Waals surface area contributed by atoms with Crippen LogP contribution in [0.5, 0.6) is 0 Å². The minimum absolute atomic E-state index is 0.0436. The van der Waals surface area contributed by atoms with Gasteiger partial charge in [0.2, 0.25) is 0 Å². The van der Waals surface area contributed by atoms with Crippen molar-refractivity contribution in [1.82, 2.24) is 0 Å². The highest BCUT2D eigenvalue weighted by Gasteiger charge is 2.64. The maximum Gasteiger partial charge on any atom is 0.324 e. The summed E-state index contributed by atoms with van der Waals surface area (Å²) in [7, 11) is 0.333. The highest BCUT2D eigenvalue weighted by molar-refractivity contribution is 6.77. The molecule has 0 aromatic rings. The third-order valence-electron chi connectivity index (χ3n) is 7.96. The first-order chi connectivity index (χ1) is 14.9. The molecule has 0 saturated heterocycles. The molecule has 0 spiro atoms. The monoisotopic (exact) mass is 460 g/mol. The number of ether oxygens (including phenoxy) is 2. The van der Waals surface area contributed by atoms with E-state index in [2.05, 4.69) is 66.5 Å². The van der Waals surface area contributed by atoms with E-state index in [9.17, 15) is 9.59 Å². The molecule has 0 aliphatic heterocycles. The zero-order valence-electron chi connectivity index (χ0n) is 21.2. The first-order valence-electron chi connectivity index (χ1n) is 11.6. The number of carbonyl (C=O) groups is 2. The minimum Gasteiger partial charge on any atom is -0.546 e. The van der Waals surface area contributed by atoms with Crippen molar-refractivity contribution in [2.24, 2.45) is 22.7 Å². The first-order valence-corrected chi connectivity index (χ1v) is 13.7. The van der Waals surface area contributed by atoms with Gasteiger partial charge in [-0.25, -0.2) is 0 Å². The van der Waals surface area contributed by atoms with Crippen LogP contribution in [-0.4, -0.2) is 34.5 Å². The Balaban J connectivity index is 2.72. The highest BCUT2D eigenvalue weighted by Crippen LogP contribution is 2.61. The summed E-state index contributed by atoms with van der Waals surface area (Å²) in [6.07, 6.45) is 12.6. The van der Waals surface area contributed by atoms with Gasteiger partial charge >= 0.3 is 11.9 Å². The van der Waals surface area contributed by atoms with Crippen LogP contribution in [0.2, 0.25) is 16.6 Å². The predicted molar refractivity (Wildman–Crippen MR) is 129 cm³/mol. The van der Waals surface area contributed by atoms with E-state index in [1.54, 1.807) is 0 Å². The number of esters is 2. The number of hydrogen-bond acceptors (Lipinski definition) is 5. The molecular formula is C26H40O5Si. The summed E-state index contributed by atoms with van der Waals surface area (Å²) in [5.74, 6) is 1.63. The SMILES string of the molecule is C#CCC(C(=O)OC)(C(=O)OC)[C@@H]1C=C(O[Si](C(C)C)(C(C)C)C(C)C)[C@@H]2CC=C[C@@]21C. The Morgan fingerprint density at radius 2 is 1.62 bits per heavy atom. The molecule has 0 amide bonds. The van der Waals surface area contributed by atoms with Crippen molar-refractivity contribution in [2.75, 3.05) is 14.2 Å².